The van der Waals surface area contributed by atoms with E-state index in [9.17, 15) is 14.9 Å². The molecule has 0 atom stereocenters. The average molecular weight is 362 g/mol. The lowest BCUT2D eigenvalue weighted by atomic mass is 10.1. The first-order valence-electron chi connectivity index (χ1n) is 6.33. The molecule has 0 bridgehead atoms. The molecule has 0 heterocycles. The number of hydrazone groups is 1. The van der Waals surface area contributed by atoms with Gasteiger partial charge < -0.3 is 0 Å². The summed E-state index contributed by atoms with van der Waals surface area (Å²) in [7, 11) is 0. The summed E-state index contributed by atoms with van der Waals surface area (Å²) in [4.78, 5) is 22.1. The summed E-state index contributed by atoms with van der Waals surface area (Å²) in [6.07, 6.45) is 0. The second kappa shape index (κ2) is 6.95. The largest absolute Gasteiger partial charge is 0.271 e. The lowest BCUT2D eigenvalue weighted by Gasteiger charge is -2.05. The lowest BCUT2D eigenvalue weighted by Crippen LogP contribution is -2.19. The third-order valence-electron chi connectivity index (χ3n) is 2.91. The molecule has 0 aliphatic carbocycles. The van der Waals surface area contributed by atoms with Gasteiger partial charge in [-0.15, -0.1) is 0 Å². The maximum absolute atomic E-state index is 12.0. The van der Waals surface area contributed by atoms with Gasteiger partial charge in [0.1, 0.15) is 0 Å². The van der Waals surface area contributed by atoms with Gasteiger partial charge in [0.15, 0.2) is 0 Å². The van der Waals surface area contributed by atoms with Crippen molar-refractivity contribution in [2.75, 3.05) is 0 Å². The summed E-state index contributed by atoms with van der Waals surface area (Å²) in [6, 6.07) is 13.0. The van der Waals surface area contributed by atoms with Gasteiger partial charge in [0, 0.05) is 27.7 Å². The highest BCUT2D eigenvalue weighted by Crippen LogP contribution is 2.16. The smallest absolute Gasteiger partial charge is 0.267 e. The molecule has 0 spiro atoms. The van der Waals surface area contributed by atoms with Crippen molar-refractivity contribution in [1.29, 1.82) is 0 Å². The van der Waals surface area contributed by atoms with Crippen molar-refractivity contribution < 1.29 is 9.72 Å². The van der Waals surface area contributed by atoms with Crippen LogP contribution in [0.2, 0.25) is 0 Å². The topological polar surface area (TPSA) is 84.6 Å². The van der Waals surface area contributed by atoms with Gasteiger partial charge in [-0.2, -0.15) is 5.10 Å². The predicted octanol–water partition coefficient (Wildman–Crippen LogP) is 3.51. The Morgan fingerprint density at radius 3 is 2.64 bits per heavy atom. The summed E-state index contributed by atoms with van der Waals surface area (Å²) < 4.78 is 0.862. The fraction of sp³-hybridized carbons (Fsp3) is 0.0667. The van der Waals surface area contributed by atoms with Crippen LogP contribution in [0.3, 0.4) is 0 Å². The number of hydrogen-bond acceptors (Lipinski definition) is 4. The number of non-ortho nitro benzene ring substituents is 1. The standard InChI is InChI=1S/C15H12BrN3O3/c1-10(13-7-2-3-8-14(13)16)17-18-15(20)11-5-4-6-12(9-11)19(21)22/h2-9H,1H3,(H,18,20)/b17-10-. The first-order chi connectivity index (χ1) is 10.5. The maximum Gasteiger partial charge on any atom is 0.271 e. The third-order valence-corrected chi connectivity index (χ3v) is 3.60. The number of carbonyl (C=O) groups excluding carboxylic acids is 1. The van der Waals surface area contributed by atoms with Crippen molar-refractivity contribution >= 4 is 33.2 Å². The Balaban J connectivity index is 2.16. The molecule has 0 fully saturated rings. The molecule has 0 unspecified atom stereocenters. The molecule has 0 aromatic heterocycles. The van der Waals surface area contributed by atoms with Crippen LogP contribution in [0.1, 0.15) is 22.8 Å². The molecule has 7 heteroatoms. The van der Waals surface area contributed by atoms with Gasteiger partial charge in [-0.25, -0.2) is 5.43 Å². The Hall–Kier alpha value is -2.54. The molecule has 6 nitrogen and oxygen atoms in total. The Kier molecular flexibility index (Phi) is 5.00. The molecule has 1 N–H and O–H groups in total. The number of nitro benzene ring substituents is 1. The van der Waals surface area contributed by atoms with Crippen LogP contribution in [0.15, 0.2) is 58.1 Å². The number of rotatable bonds is 4. The summed E-state index contributed by atoms with van der Waals surface area (Å²) in [5.41, 5.74) is 3.90. The second-order valence-electron chi connectivity index (χ2n) is 4.43. The van der Waals surface area contributed by atoms with Crippen molar-refractivity contribution in [3.05, 3.63) is 74.2 Å². The minimum absolute atomic E-state index is 0.140. The molecule has 2 rings (SSSR count). The predicted molar refractivity (Wildman–Crippen MR) is 86.9 cm³/mol. The molecule has 0 saturated carbocycles. The van der Waals surface area contributed by atoms with Crippen LogP contribution < -0.4 is 5.43 Å². The van der Waals surface area contributed by atoms with Gasteiger partial charge in [-0.3, -0.25) is 14.9 Å². The Bertz CT molecular complexity index is 759. The zero-order valence-electron chi connectivity index (χ0n) is 11.6. The van der Waals surface area contributed by atoms with Crippen molar-refractivity contribution in [1.82, 2.24) is 5.43 Å². The zero-order valence-corrected chi connectivity index (χ0v) is 13.2. The lowest BCUT2D eigenvalue weighted by molar-refractivity contribution is -0.384. The molecule has 0 aliphatic heterocycles. The van der Waals surface area contributed by atoms with Crippen LogP contribution in [0.5, 0.6) is 0 Å². The highest BCUT2D eigenvalue weighted by molar-refractivity contribution is 9.10. The van der Waals surface area contributed by atoms with E-state index < -0.39 is 10.8 Å². The third kappa shape index (κ3) is 3.76. The first kappa shape index (κ1) is 15.8. The fourth-order valence-electron chi connectivity index (χ4n) is 1.77. The van der Waals surface area contributed by atoms with E-state index in [2.05, 4.69) is 26.5 Å². The van der Waals surface area contributed by atoms with Crippen LogP contribution in [0.4, 0.5) is 5.69 Å². The number of carbonyl (C=O) groups is 1. The molecule has 1 amide bonds. The van der Waals surface area contributed by atoms with Crippen LogP contribution in [-0.2, 0) is 0 Å². The Morgan fingerprint density at radius 2 is 1.95 bits per heavy atom. The average Bonchev–Trinajstić information content (AvgIpc) is 2.52. The molecule has 2 aromatic carbocycles. The van der Waals surface area contributed by atoms with E-state index in [1.165, 1.54) is 24.3 Å². The molecule has 112 valence electrons. The molecule has 0 aliphatic rings. The summed E-state index contributed by atoms with van der Waals surface area (Å²) in [5.74, 6) is -0.505. The Morgan fingerprint density at radius 1 is 1.23 bits per heavy atom. The summed E-state index contributed by atoms with van der Waals surface area (Å²) in [6.45, 7) is 1.76. The van der Waals surface area contributed by atoms with Gasteiger partial charge in [0.05, 0.1) is 10.6 Å². The van der Waals surface area contributed by atoms with Gasteiger partial charge in [-0.1, -0.05) is 40.2 Å². The number of amides is 1. The Labute approximate surface area is 135 Å². The zero-order chi connectivity index (χ0) is 16.1. The van der Waals surface area contributed by atoms with Gasteiger partial charge >= 0.3 is 0 Å². The molecular weight excluding hydrogens is 350 g/mol. The maximum atomic E-state index is 12.0. The summed E-state index contributed by atoms with van der Waals surface area (Å²) >= 11 is 3.41. The highest BCUT2D eigenvalue weighted by atomic mass is 79.9. The monoisotopic (exact) mass is 361 g/mol. The number of nitrogens with zero attached hydrogens (tertiary/aromatic N) is 2. The molecule has 0 saturated heterocycles. The van der Waals surface area contributed by atoms with E-state index in [4.69, 9.17) is 0 Å². The molecular formula is C15H12BrN3O3. The minimum Gasteiger partial charge on any atom is -0.267 e. The van der Waals surface area contributed by atoms with Gasteiger partial charge in [-0.05, 0) is 19.1 Å². The SMILES string of the molecule is C/C(=N/NC(=O)c1cccc([N+](=O)[O-])c1)c1ccccc1Br. The van der Waals surface area contributed by atoms with Crippen molar-refractivity contribution in [2.24, 2.45) is 5.10 Å². The van der Waals surface area contributed by atoms with Crippen LogP contribution in [0, 0.1) is 10.1 Å². The van der Waals surface area contributed by atoms with Crippen molar-refractivity contribution in [3.63, 3.8) is 0 Å². The quantitative estimate of drug-likeness (QED) is 0.513. The van der Waals surface area contributed by atoms with E-state index in [-0.39, 0.29) is 11.3 Å². The first-order valence-corrected chi connectivity index (χ1v) is 7.12. The molecule has 2 aromatic rings. The minimum atomic E-state index is -0.549. The van der Waals surface area contributed by atoms with E-state index in [0.717, 1.165) is 10.0 Å². The van der Waals surface area contributed by atoms with E-state index in [0.29, 0.717) is 5.71 Å². The number of nitrogens with one attached hydrogen (secondary N) is 1. The number of benzene rings is 2. The molecule has 22 heavy (non-hydrogen) atoms. The number of halogens is 1. The van der Waals surface area contributed by atoms with E-state index in [1.54, 1.807) is 6.92 Å². The number of nitro groups is 1. The normalized spacial score (nSPS) is 11.1. The van der Waals surface area contributed by atoms with Gasteiger partial charge in [0.25, 0.3) is 11.6 Å². The van der Waals surface area contributed by atoms with Gasteiger partial charge in [0.2, 0.25) is 0 Å². The number of hydrogen-bond donors (Lipinski definition) is 1. The van der Waals surface area contributed by atoms with E-state index >= 15 is 0 Å². The fourth-order valence-corrected chi connectivity index (χ4v) is 2.35. The van der Waals surface area contributed by atoms with Crippen molar-refractivity contribution in [2.45, 2.75) is 6.92 Å². The van der Waals surface area contributed by atoms with E-state index in [1.807, 2.05) is 24.3 Å². The van der Waals surface area contributed by atoms with Crippen LogP contribution in [0.25, 0.3) is 0 Å². The second-order valence-corrected chi connectivity index (χ2v) is 5.28. The van der Waals surface area contributed by atoms with Crippen molar-refractivity contribution in [3.8, 4) is 0 Å². The van der Waals surface area contributed by atoms with Crippen LogP contribution in [-0.4, -0.2) is 16.5 Å². The van der Waals surface area contributed by atoms with Crippen LogP contribution >= 0.6 is 15.9 Å². The molecule has 0 radical (unpaired) electrons. The summed E-state index contributed by atoms with van der Waals surface area (Å²) in [5, 5.41) is 14.7. The highest BCUT2D eigenvalue weighted by Gasteiger charge is 2.11.